The molecule has 0 spiro atoms. The van der Waals surface area contributed by atoms with Crippen LogP contribution in [0.15, 0.2) is 53.5 Å². The Bertz CT molecular complexity index is 877. The molecular formula is C24H33IN4O2. The quantitative estimate of drug-likeness (QED) is 0.361. The predicted molar refractivity (Wildman–Crippen MR) is 135 cm³/mol. The van der Waals surface area contributed by atoms with Crippen molar-refractivity contribution >= 4 is 29.9 Å². The molecule has 4 rings (SSSR count). The van der Waals surface area contributed by atoms with Crippen LogP contribution in [0.2, 0.25) is 0 Å². The highest BCUT2D eigenvalue weighted by atomic mass is 127. The van der Waals surface area contributed by atoms with Gasteiger partial charge in [-0.25, -0.2) is 0 Å². The van der Waals surface area contributed by atoms with Gasteiger partial charge in [0.2, 0.25) is 0 Å². The molecule has 0 bridgehead atoms. The van der Waals surface area contributed by atoms with Crippen molar-refractivity contribution in [2.45, 2.75) is 32.2 Å². The molecule has 0 saturated carbocycles. The Labute approximate surface area is 202 Å². The van der Waals surface area contributed by atoms with E-state index in [0.717, 1.165) is 44.5 Å². The number of hydrogen-bond donors (Lipinski definition) is 1. The largest absolute Gasteiger partial charge is 0.497 e. The lowest BCUT2D eigenvalue weighted by atomic mass is 10.1. The van der Waals surface area contributed by atoms with E-state index in [-0.39, 0.29) is 30.1 Å². The lowest BCUT2D eigenvalue weighted by Crippen LogP contribution is -2.50. The fourth-order valence-corrected chi connectivity index (χ4v) is 4.50. The number of aliphatic imine (C=N–C) groups is 1. The summed E-state index contributed by atoms with van der Waals surface area (Å²) in [5, 5.41) is 3.53. The molecule has 7 heteroatoms. The van der Waals surface area contributed by atoms with Gasteiger partial charge in [-0.15, -0.1) is 24.0 Å². The lowest BCUT2D eigenvalue weighted by molar-refractivity contribution is -0.0502. The maximum atomic E-state index is 6.12. The van der Waals surface area contributed by atoms with Crippen LogP contribution in [0.25, 0.3) is 0 Å². The van der Waals surface area contributed by atoms with Crippen LogP contribution in [0.3, 0.4) is 0 Å². The maximum absolute atomic E-state index is 6.12. The van der Waals surface area contributed by atoms with E-state index in [1.165, 1.54) is 16.7 Å². The van der Waals surface area contributed by atoms with E-state index >= 15 is 0 Å². The second-order valence-corrected chi connectivity index (χ2v) is 8.10. The second-order valence-electron chi connectivity index (χ2n) is 8.10. The number of rotatable bonds is 5. The van der Waals surface area contributed by atoms with Crippen molar-refractivity contribution in [3.63, 3.8) is 0 Å². The normalized spacial score (nSPS) is 21.4. The Kier molecular flexibility index (Phi) is 8.57. The summed E-state index contributed by atoms with van der Waals surface area (Å²) >= 11 is 0. The van der Waals surface area contributed by atoms with Gasteiger partial charge in [0, 0.05) is 39.8 Å². The van der Waals surface area contributed by atoms with Crippen LogP contribution in [-0.2, 0) is 17.8 Å². The summed E-state index contributed by atoms with van der Waals surface area (Å²) in [4.78, 5) is 9.43. The molecule has 1 N–H and O–H groups in total. The molecule has 31 heavy (non-hydrogen) atoms. The fourth-order valence-electron chi connectivity index (χ4n) is 4.50. The minimum absolute atomic E-state index is 0. The number of benzene rings is 2. The summed E-state index contributed by atoms with van der Waals surface area (Å²) < 4.78 is 11.5. The molecule has 0 amide bonds. The summed E-state index contributed by atoms with van der Waals surface area (Å²) in [6.07, 6.45) is 0.222. The number of likely N-dealkylation sites (tertiary alicyclic amines) is 1. The van der Waals surface area contributed by atoms with Gasteiger partial charge < -0.3 is 19.7 Å². The zero-order chi connectivity index (χ0) is 20.9. The first-order chi connectivity index (χ1) is 14.7. The Morgan fingerprint density at radius 1 is 1.16 bits per heavy atom. The number of guanidine groups is 1. The van der Waals surface area contributed by atoms with E-state index in [9.17, 15) is 0 Å². The van der Waals surface area contributed by atoms with Crippen LogP contribution in [0.1, 0.15) is 16.7 Å². The molecule has 0 radical (unpaired) electrons. The molecule has 2 unspecified atom stereocenters. The number of nitrogens with zero attached hydrogens (tertiary/aromatic N) is 3. The molecule has 2 saturated heterocycles. The van der Waals surface area contributed by atoms with Crippen molar-refractivity contribution < 1.29 is 9.47 Å². The fraction of sp³-hybridized carbons (Fsp3) is 0.458. The van der Waals surface area contributed by atoms with Gasteiger partial charge in [0.05, 0.1) is 25.9 Å². The molecule has 2 heterocycles. The Hall–Kier alpha value is -1.84. The number of aryl methyl sites for hydroxylation is 1. The van der Waals surface area contributed by atoms with E-state index in [2.05, 4.69) is 69.5 Å². The first-order valence-electron chi connectivity index (χ1n) is 10.7. The summed E-state index contributed by atoms with van der Waals surface area (Å²) in [6, 6.07) is 17.4. The summed E-state index contributed by atoms with van der Waals surface area (Å²) in [5.41, 5.74) is 3.73. The molecule has 6 nitrogen and oxygen atoms in total. The average Bonchev–Trinajstić information content (AvgIpc) is 3.20. The molecule has 2 aromatic rings. The maximum Gasteiger partial charge on any atom is 0.194 e. The van der Waals surface area contributed by atoms with Gasteiger partial charge in [0.1, 0.15) is 5.75 Å². The number of methoxy groups -OCH3 is 1. The molecule has 2 aromatic carbocycles. The number of ether oxygens (including phenoxy) is 2. The summed E-state index contributed by atoms with van der Waals surface area (Å²) in [7, 11) is 3.56. The molecule has 2 aliphatic heterocycles. The zero-order valence-corrected chi connectivity index (χ0v) is 20.9. The van der Waals surface area contributed by atoms with Gasteiger partial charge in [-0.2, -0.15) is 0 Å². The first kappa shape index (κ1) is 23.8. The van der Waals surface area contributed by atoms with Crippen LogP contribution in [0.5, 0.6) is 5.75 Å². The molecule has 0 aromatic heterocycles. The monoisotopic (exact) mass is 536 g/mol. The lowest BCUT2D eigenvalue weighted by Gasteiger charge is -2.36. The Balaban J connectivity index is 0.00000272. The highest BCUT2D eigenvalue weighted by molar-refractivity contribution is 14.0. The van der Waals surface area contributed by atoms with Gasteiger partial charge in [-0.3, -0.25) is 9.89 Å². The summed E-state index contributed by atoms with van der Waals surface area (Å²) in [6.45, 7) is 7.32. The third kappa shape index (κ3) is 5.90. The van der Waals surface area contributed by atoms with Crippen molar-refractivity contribution in [3.05, 3.63) is 65.2 Å². The van der Waals surface area contributed by atoms with Crippen molar-refractivity contribution in [1.29, 1.82) is 0 Å². The Morgan fingerprint density at radius 2 is 1.97 bits per heavy atom. The van der Waals surface area contributed by atoms with Crippen molar-refractivity contribution in [2.75, 3.05) is 40.4 Å². The Morgan fingerprint density at radius 3 is 2.71 bits per heavy atom. The minimum Gasteiger partial charge on any atom is -0.497 e. The standard InChI is InChI=1S/C24H32N4O2.HI/c1-18-11-20(13-21(12-18)29-3)14-26-24(25-2)28-16-22-23(17-28)30-10-9-27(22)15-19-7-5-4-6-8-19;/h4-8,11-13,22-23H,9-10,14-17H2,1-3H3,(H,25,26);1H. The highest BCUT2D eigenvalue weighted by Gasteiger charge is 2.41. The van der Waals surface area contributed by atoms with E-state index in [4.69, 9.17) is 9.47 Å². The third-order valence-corrected chi connectivity index (χ3v) is 5.95. The van der Waals surface area contributed by atoms with Crippen molar-refractivity contribution in [1.82, 2.24) is 15.1 Å². The van der Waals surface area contributed by atoms with Gasteiger partial charge in [0.25, 0.3) is 0 Å². The number of nitrogens with one attached hydrogen (secondary N) is 1. The van der Waals surface area contributed by atoms with Gasteiger partial charge in [0.15, 0.2) is 5.96 Å². The van der Waals surface area contributed by atoms with Crippen LogP contribution in [-0.4, -0.2) is 68.3 Å². The van der Waals surface area contributed by atoms with Gasteiger partial charge >= 0.3 is 0 Å². The number of hydrogen-bond acceptors (Lipinski definition) is 4. The van der Waals surface area contributed by atoms with Crippen molar-refractivity contribution in [2.24, 2.45) is 4.99 Å². The molecule has 168 valence electrons. The van der Waals surface area contributed by atoms with Crippen LogP contribution in [0, 0.1) is 6.92 Å². The average molecular weight is 536 g/mol. The van der Waals surface area contributed by atoms with Crippen molar-refractivity contribution in [3.8, 4) is 5.75 Å². The molecule has 2 atom stereocenters. The highest BCUT2D eigenvalue weighted by Crippen LogP contribution is 2.25. The van der Waals surface area contributed by atoms with Gasteiger partial charge in [-0.05, 0) is 35.7 Å². The minimum atomic E-state index is 0. The number of halogens is 1. The number of fused-ring (bicyclic) bond motifs is 1. The summed E-state index contributed by atoms with van der Waals surface area (Å²) in [5.74, 6) is 1.81. The van der Waals surface area contributed by atoms with E-state index in [0.29, 0.717) is 12.6 Å². The molecular weight excluding hydrogens is 503 g/mol. The first-order valence-corrected chi connectivity index (χ1v) is 10.7. The number of morpholine rings is 1. The van der Waals surface area contributed by atoms with E-state index in [1.54, 1.807) is 7.11 Å². The second kappa shape index (κ2) is 11.2. The zero-order valence-electron chi connectivity index (χ0n) is 18.6. The topological polar surface area (TPSA) is 49.3 Å². The van der Waals surface area contributed by atoms with Crippen LogP contribution < -0.4 is 10.1 Å². The predicted octanol–water partition coefficient (Wildman–Crippen LogP) is 3.28. The van der Waals surface area contributed by atoms with E-state index in [1.807, 2.05) is 13.1 Å². The van der Waals surface area contributed by atoms with Gasteiger partial charge in [-0.1, -0.05) is 36.4 Å². The molecule has 0 aliphatic carbocycles. The van der Waals surface area contributed by atoms with E-state index < -0.39 is 0 Å². The molecule has 2 fully saturated rings. The third-order valence-electron chi connectivity index (χ3n) is 5.95. The van der Waals surface area contributed by atoms with Crippen LogP contribution >= 0.6 is 24.0 Å². The smallest absolute Gasteiger partial charge is 0.194 e. The SMILES string of the molecule is CN=C(NCc1cc(C)cc(OC)c1)N1CC2OCCN(Cc3ccccc3)C2C1.I. The van der Waals surface area contributed by atoms with Crippen LogP contribution in [0.4, 0.5) is 0 Å². The molecule has 2 aliphatic rings.